The Labute approximate surface area is 128 Å². The first kappa shape index (κ1) is 15.9. The first-order chi connectivity index (χ1) is 10.1. The van der Waals surface area contributed by atoms with Crippen LogP contribution in [0.3, 0.4) is 0 Å². The summed E-state index contributed by atoms with van der Waals surface area (Å²) in [6, 6.07) is 8.29. The summed E-state index contributed by atoms with van der Waals surface area (Å²) >= 11 is 0. The van der Waals surface area contributed by atoms with Gasteiger partial charge in [-0.05, 0) is 43.9 Å². The fraction of sp³-hybridized carbons (Fsp3) is 0.611. The summed E-state index contributed by atoms with van der Waals surface area (Å²) in [4.78, 5) is 14.6. The average Bonchev–Trinajstić information content (AvgIpc) is 2.52. The fourth-order valence-electron chi connectivity index (χ4n) is 3.04. The molecule has 1 atom stereocenters. The van der Waals surface area contributed by atoms with Crippen molar-refractivity contribution < 1.29 is 9.53 Å². The lowest BCUT2D eigenvalue weighted by atomic mass is 9.94. The van der Waals surface area contributed by atoms with E-state index in [1.54, 1.807) is 0 Å². The van der Waals surface area contributed by atoms with Gasteiger partial charge in [0, 0.05) is 13.1 Å². The predicted molar refractivity (Wildman–Crippen MR) is 85.5 cm³/mol. The zero-order valence-corrected chi connectivity index (χ0v) is 13.5. The number of hydrogen-bond acceptors (Lipinski definition) is 2. The van der Waals surface area contributed by atoms with Crippen LogP contribution in [0, 0.1) is 6.92 Å². The van der Waals surface area contributed by atoms with Crippen LogP contribution in [-0.4, -0.2) is 30.0 Å². The Morgan fingerprint density at radius 1 is 1.33 bits per heavy atom. The second kappa shape index (κ2) is 7.48. The molecule has 0 heterocycles. The van der Waals surface area contributed by atoms with Gasteiger partial charge in [0.1, 0.15) is 5.75 Å². The van der Waals surface area contributed by atoms with Gasteiger partial charge in [0.15, 0.2) is 6.10 Å². The van der Waals surface area contributed by atoms with E-state index in [4.69, 9.17) is 4.74 Å². The van der Waals surface area contributed by atoms with Gasteiger partial charge >= 0.3 is 0 Å². The second-order valence-electron chi connectivity index (χ2n) is 6.07. The van der Waals surface area contributed by atoms with E-state index in [-0.39, 0.29) is 12.0 Å². The zero-order chi connectivity index (χ0) is 15.2. The van der Waals surface area contributed by atoms with Crippen LogP contribution < -0.4 is 4.74 Å². The van der Waals surface area contributed by atoms with Gasteiger partial charge in [-0.3, -0.25) is 4.79 Å². The van der Waals surface area contributed by atoms with Crippen LogP contribution in [0.2, 0.25) is 0 Å². The molecule has 0 aromatic heterocycles. The molecule has 1 aliphatic rings. The normalized spacial score (nSPS) is 17.3. The minimum absolute atomic E-state index is 0.117. The van der Waals surface area contributed by atoms with E-state index in [0.717, 1.165) is 24.2 Å². The van der Waals surface area contributed by atoms with Gasteiger partial charge < -0.3 is 9.64 Å². The smallest absolute Gasteiger partial charge is 0.263 e. The number of amides is 1. The molecule has 2 rings (SSSR count). The molecule has 1 aromatic rings. The molecule has 0 spiro atoms. The van der Waals surface area contributed by atoms with Crippen molar-refractivity contribution in [1.82, 2.24) is 4.90 Å². The molecule has 0 N–H and O–H groups in total. The summed E-state index contributed by atoms with van der Waals surface area (Å²) in [7, 11) is 1.93. The lowest BCUT2D eigenvalue weighted by Gasteiger charge is -2.33. The first-order valence-electron chi connectivity index (χ1n) is 8.11. The lowest BCUT2D eigenvalue weighted by Crippen LogP contribution is -2.45. The van der Waals surface area contributed by atoms with Gasteiger partial charge in [0.25, 0.3) is 5.91 Å². The highest BCUT2D eigenvalue weighted by atomic mass is 16.5. The van der Waals surface area contributed by atoms with Gasteiger partial charge in [-0.2, -0.15) is 0 Å². The average molecular weight is 289 g/mol. The molecule has 1 aromatic carbocycles. The summed E-state index contributed by atoms with van der Waals surface area (Å²) in [5, 5.41) is 0. The van der Waals surface area contributed by atoms with Crippen molar-refractivity contribution in [2.24, 2.45) is 0 Å². The quantitative estimate of drug-likeness (QED) is 0.821. The van der Waals surface area contributed by atoms with Gasteiger partial charge in [-0.25, -0.2) is 0 Å². The molecule has 1 aliphatic carbocycles. The molecular formula is C18H27NO2. The summed E-state index contributed by atoms with van der Waals surface area (Å²) in [6.07, 6.45) is 6.35. The number of ether oxygens (including phenoxy) is 1. The topological polar surface area (TPSA) is 29.5 Å². The Hall–Kier alpha value is -1.51. The van der Waals surface area contributed by atoms with Gasteiger partial charge in [-0.1, -0.05) is 38.3 Å². The van der Waals surface area contributed by atoms with Crippen molar-refractivity contribution in [2.45, 2.75) is 64.5 Å². The van der Waals surface area contributed by atoms with Crippen LogP contribution >= 0.6 is 0 Å². The van der Waals surface area contributed by atoms with Crippen LogP contribution in [-0.2, 0) is 4.79 Å². The van der Waals surface area contributed by atoms with Crippen LogP contribution in [0.1, 0.15) is 51.0 Å². The molecular weight excluding hydrogens is 262 g/mol. The summed E-state index contributed by atoms with van der Waals surface area (Å²) in [6.45, 7) is 4.04. The van der Waals surface area contributed by atoms with E-state index in [0.29, 0.717) is 12.5 Å². The minimum Gasteiger partial charge on any atom is -0.481 e. The molecule has 1 saturated carbocycles. The maximum atomic E-state index is 12.7. The third kappa shape index (κ3) is 4.23. The molecule has 3 nitrogen and oxygen atoms in total. The minimum atomic E-state index is -0.376. The molecule has 0 saturated heterocycles. The van der Waals surface area contributed by atoms with Crippen molar-refractivity contribution in [3.05, 3.63) is 29.8 Å². The molecule has 3 heteroatoms. The predicted octanol–water partition coefficient (Wildman–Crippen LogP) is 3.94. The molecule has 0 bridgehead atoms. The third-order valence-electron chi connectivity index (χ3n) is 4.38. The van der Waals surface area contributed by atoms with Crippen LogP contribution in [0.4, 0.5) is 0 Å². The molecule has 0 radical (unpaired) electrons. The number of rotatable bonds is 5. The zero-order valence-electron chi connectivity index (χ0n) is 13.5. The van der Waals surface area contributed by atoms with E-state index < -0.39 is 0 Å². The van der Waals surface area contributed by atoms with Crippen LogP contribution in [0.15, 0.2) is 24.3 Å². The molecule has 0 unspecified atom stereocenters. The number of likely N-dealkylation sites (N-methyl/N-ethyl adjacent to an activating group) is 1. The summed E-state index contributed by atoms with van der Waals surface area (Å²) in [5.41, 5.74) is 1.15. The maximum absolute atomic E-state index is 12.7. The van der Waals surface area contributed by atoms with Crippen molar-refractivity contribution in [3.8, 4) is 5.75 Å². The molecule has 21 heavy (non-hydrogen) atoms. The standard InChI is InChI=1S/C18H27NO2/c1-4-17(21-16-12-8-9-14(2)13-16)18(20)19(3)15-10-6-5-7-11-15/h8-9,12-13,15,17H,4-7,10-11H2,1-3H3/t17-/m1/s1. The van der Waals surface area contributed by atoms with Gasteiger partial charge in [-0.15, -0.1) is 0 Å². The molecule has 1 amide bonds. The van der Waals surface area contributed by atoms with E-state index in [1.165, 1.54) is 19.3 Å². The van der Waals surface area contributed by atoms with E-state index in [2.05, 4.69) is 0 Å². The summed E-state index contributed by atoms with van der Waals surface area (Å²) < 4.78 is 5.93. The Morgan fingerprint density at radius 2 is 2.05 bits per heavy atom. The fourth-order valence-corrected chi connectivity index (χ4v) is 3.04. The first-order valence-corrected chi connectivity index (χ1v) is 8.11. The summed E-state index contributed by atoms with van der Waals surface area (Å²) in [5.74, 6) is 0.901. The van der Waals surface area contributed by atoms with Gasteiger partial charge in [0.05, 0.1) is 0 Å². The monoisotopic (exact) mass is 289 g/mol. The Kier molecular flexibility index (Phi) is 5.66. The molecule has 0 aliphatic heterocycles. The highest BCUT2D eigenvalue weighted by Gasteiger charge is 2.28. The Bertz CT molecular complexity index is 466. The van der Waals surface area contributed by atoms with Crippen molar-refractivity contribution in [3.63, 3.8) is 0 Å². The third-order valence-corrected chi connectivity index (χ3v) is 4.38. The van der Waals surface area contributed by atoms with Crippen molar-refractivity contribution in [1.29, 1.82) is 0 Å². The highest BCUT2D eigenvalue weighted by molar-refractivity contribution is 5.81. The number of benzene rings is 1. The maximum Gasteiger partial charge on any atom is 0.263 e. The number of carbonyl (C=O) groups excluding carboxylic acids is 1. The molecule has 1 fully saturated rings. The SMILES string of the molecule is CC[C@@H](Oc1cccc(C)c1)C(=O)N(C)C1CCCCC1. The number of aryl methyl sites for hydroxylation is 1. The highest BCUT2D eigenvalue weighted by Crippen LogP contribution is 2.23. The number of carbonyl (C=O) groups is 1. The van der Waals surface area contributed by atoms with Gasteiger partial charge in [0.2, 0.25) is 0 Å². The number of hydrogen-bond donors (Lipinski definition) is 0. The Morgan fingerprint density at radius 3 is 2.67 bits per heavy atom. The van der Waals surface area contributed by atoms with E-state index in [9.17, 15) is 4.79 Å². The Balaban J connectivity index is 2.00. The van der Waals surface area contributed by atoms with Crippen molar-refractivity contribution in [2.75, 3.05) is 7.05 Å². The van der Waals surface area contributed by atoms with Crippen LogP contribution in [0.5, 0.6) is 5.75 Å². The largest absolute Gasteiger partial charge is 0.481 e. The van der Waals surface area contributed by atoms with E-state index in [1.807, 2.05) is 50.1 Å². The van der Waals surface area contributed by atoms with Crippen LogP contribution in [0.25, 0.3) is 0 Å². The van der Waals surface area contributed by atoms with Crippen molar-refractivity contribution >= 4 is 5.91 Å². The number of nitrogens with zero attached hydrogens (tertiary/aromatic N) is 1. The lowest BCUT2D eigenvalue weighted by molar-refractivity contribution is -0.140. The van der Waals surface area contributed by atoms with E-state index >= 15 is 0 Å². The molecule has 116 valence electrons. The second-order valence-corrected chi connectivity index (χ2v) is 6.07.